The van der Waals surface area contributed by atoms with Gasteiger partial charge in [0.1, 0.15) is 17.2 Å². The average molecular weight is 407 g/mol. The lowest BCUT2D eigenvalue weighted by Crippen LogP contribution is -2.17. The number of aromatic nitrogens is 2. The van der Waals surface area contributed by atoms with Gasteiger partial charge < -0.3 is 10.4 Å². The third kappa shape index (κ3) is 3.30. The molecular weight excluding hydrogens is 390 g/mol. The van der Waals surface area contributed by atoms with Crippen molar-refractivity contribution in [1.82, 2.24) is 9.38 Å². The van der Waals surface area contributed by atoms with Crippen molar-refractivity contribution in [2.45, 2.75) is 0 Å². The maximum atomic E-state index is 13.1. The molecule has 5 aromatic rings. The van der Waals surface area contributed by atoms with Gasteiger partial charge in [0.15, 0.2) is 0 Å². The SMILES string of the molecule is O=C(O)c1ccccc1C(=O)Nc1c(-c2ccc3ccccc3c2)nc2ccccn12. The Kier molecular flexibility index (Phi) is 4.45. The average Bonchev–Trinajstić information content (AvgIpc) is 3.17. The first-order valence-electron chi connectivity index (χ1n) is 9.72. The highest BCUT2D eigenvalue weighted by Gasteiger charge is 2.20. The number of hydrogen-bond acceptors (Lipinski definition) is 3. The van der Waals surface area contributed by atoms with Gasteiger partial charge in [-0.05, 0) is 41.1 Å². The van der Waals surface area contributed by atoms with E-state index in [1.54, 1.807) is 16.5 Å². The zero-order valence-electron chi connectivity index (χ0n) is 16.3. The van der Waals surface area contributed by atoms with Gasteiger partial charge in [-0.1, -0.05) is 54.6 Å². The van der Waals surface area contributed by atoms with Crippen LogP contribution in [0.4, 0.5) is 5.82 Å². The smallest absolute Gasteiger partial charge is 0.336 e. The number of rotatable bonds is 4. The normalized spacial score (nSPS) is 11.0. The predicted octanol–water partition coefficient (Wildman–Crippen LogP) is 5.11. The van der Waals surface area contributed by atoms with E-state index in [2.05, 4.69) is 5.32 Å². The van der Waals surface area contributed by atoms with Crippen molar-refractivity contribution in [3.8, 4) is 11.3 Å². The van der Waals surface area contributed by atoms with Gasteiger partial charge >= 0.3 is 5.97 Å². The summed E-state index contributed by atoms with van der Waals surface area (Å²) in [5, 5.41) is 14.5. The fraction of sp³-hybridized carbons (Fsp3) is 0. The van der Waals surface area contributed by atoms with Gasteiger partial charge in [0.25, 0.3) is 5.91 Å². The summed E-state index contributed by atoms with van der Waals surface area (Å²) in [6.07, 6.45) is 1.81. The number of carbonyl (C=O) groups is 2. The number of pyridine rings is 1. The molecule has 6 heteroatoms. The van der Waals surface area contributed by atoms with E-state index in [9.17, 15) is 14.7 Å². The summed E-state index contributed by atoms with van der Waals surface area (Å²) in [5.41, 5.74) is 2.17. The minimum atomic E-state index is -1.15. The Hall–Kier alpha value is -4.45. The molecule has 0 spiro atoms. The molecule has 0 saturated heterocycles. The largest absolute Gasteiger partial charge is 0.478 e. The fourth-order valence-electron chi connectivity index (χ4n) is 3.70. The van der Waals surface area contributed by atoms with Crippen molar-refractivity contribution >= 4 is 34.1 Å². The Balaban J connectivity index is 1.64. The summed E-state index contributed by atoms with van der Waals surface area (Å²) in [4.78, 5) is 29.3. The third-order valence-corrected chi connectivity index (χ3v) is 5.19. The van der Waals surface area contributed by atoms with E-state index in [1.807, 2.05) is 66.9 Å². The van der Waals surface area contributed by atoms with E-state index in [4.69, 9.17) is 4.98 Å². The molecule has 0 aliphatic carbocycles. The molecule has 150 valence electrons. The van der Waals surface area contributed by atoms with Crippen LogP contribution in [-0.2, 0) is 0 Å². The Morgan fingerprint density at radius 1 is 0.806 bits per heavy atom. The quantitative estimate of drug-likeness (QED) is 0.434. The number of nitrogens with zero attached hydrogens (tertiary/aromatic N) is 2. The third-order valence-electron chi connectivity index (χ3n) is 5.19. The summed E-state index contributed by atoms with van der Waals surface area (Å²) in [6, 6.07) is 25.7. The molecule has 0 bridgehead atoms. The first-order chi connectivity index (χ1) is 15.1. The maximum Gasteiger partial charge on any atom is 0.336 e. The number of amides is 1. The van der Waals surface area contributed by atoms with Crippen LogP contribution in [0.1, 0.15) is 20.7 Å². The molecule has 0 fully saturated rings. The minimum absolute atomic E-state index is 0.0546. The van der Waals surface area contributed by atoms with E-state index in [-0.39, 0.29) is 11.1 Å². The number of benzene rings is 3. The first kappa shape index (κ1) is 18.6. The lowest BCUT2D eigenvalue weighted by atomic mass is 10.0. The standard InChI is InChI=1S/C25H17N3O3/c29-24(19-9-3-4-10-20(19)25(30)31)27-23-22(26-21-11-5-6-14-28(21)23)18-13-12-16-7-1-2-8-17(16)15-18/h1-15H,(H,27,29)(H,30,31). The van der Waals surface area contributed by atoms with Crippen LogP contribution in [0, 0.1) is 0 Å². The molecule has 1 amide bonds. The minimum Gasteiger partial charge on any atom is -0.478 e. The highest BCUT2D eigenvalue weighted by molar-refractivity contribution is 6.11. The number of aromatic carboxylic acids is 1. The number of carboxylic acid groups (broad SMARTS) is 1. The van der Waals surface area contributed by atoms with Crippen LogP contribution in [-0.4, -0.2) is 26.4 Å². The van der Waals surface area contributed by atoms with Gasteiger partial charge in [-0.25, -0.2) is 9.78 Å². The van der Waals surface area contributed by atoms with Crippen LogP contribution >= 0.6 is 0 Å². The second-order valence-corrected chi connectivity index (χ2v) is 7.10. The molecule has 0 unspecified atom stereocenters. The molecule has 2 heterocycles. The first-order valence-corrected chi connectivity index (χ1v) is 9.72. The number of carbonyl (C=O) groups excluding carboxylic acids is 1. The molecular formula is C25H17N3O3. The molecule has 0 radical (unpaired) electrons. The Labute approximate surface area is 177 Å². The van der Waals surface area contributed by atoms with E-state index in [1.165, 1.54) is 12.1 Å². The molecule has 2 N–H and O–H groups in total. The van der Waals surface area contributed by atoms with Gasteiger partial charge in [-0.2, -0.15) is 0 Å². The lowest BCUT2D eigenvalue weighted by Gasteiger charge is -2.10. The van der Waals surface area contributed by atoms with Crippen molar-refractivity contribution in [1.29, 1.82) is 0 Å². The van der Waals surface area contributed by atoms with E-state index >= 15 is 0 Å². The van der Waals surface area contributed by atoms with Crippen LogP contribution in [0.5, 0.6) is 0 Å². The topological polar surface area (TPSA) is 83.7 Å². The van der Waals surface area contributed by atoms with Gasteiger partial charge in [0.05, 0.1) is 11.1 Å². The van der Waals surface area contributed by atoms with Crippen molar-refractivity contribution in [2.24, 2.45) is 0 Å². The van der Waals surface area contributed by atoms with Gasteiger partial charge in [-0.15, -0.1) is 0 Å². The highest BCUT2D eigenvalue weighted by Crippen LogP contribution is 2.31. The molecule has 0 aliphatic heterocycles. The second-order valence-electron chi connectivity index (χ2n) is 7.10. The lowest BCUT2D eigenvalue weighted by molar-refractivity contribution is 0.0692. The monoisotopic (exact) mass is 407 g/mol. The number of anilines is 1. The molecule has 6 nitrogen and oxygen atoms in total. The number of imidazole rings is 1. The zero-order valence-corrected chi connectivity index (χ0v) is 16.3. The van der Waals surface area contributed by atoms with Crippen LogP contribution in [0.25, 0.3) is 27.7 Å². The van der Waals surface area contributed by atoms with Crippen molar-refractivity contribution in [3.05, 3.63) is 102 Å². The summed E-state index contributed by atoms with van der Waals surface area (Å²) < 4.78 is 1.78. The van der Waals surface area contributed by atoms with Crippen molar-refractivity contribution in [3.63, 3.8) is 0 Å². The predicted molar refractivity (Wildman–Crippen MR) is 119 cm³/mol. The van der Waals surface area contributed by atoms with Crippen LogP contribution < -0.4 is 5.32 Å². The van der Waals surface area contributed by atoms with E-state index < -0.39 is 11.9 Å². The van der Waals surface area contributed by atoms with Crippen LogP contribution in [0.2, 0.25) is 0 Å². The Bertz CT molecular complexity index is 1470. The second kappa shape index (κ2) is 7.42. The number of nitrogens with one attached hydrogen (secondary N) is 1. The van der Waals surface area contributed by atoms with Gasteiger partial charge in [0.2, 0.25) is 0 Å². The molecule has 5 rings (SSSR count). The Morgan fingerprint density at radius 3 is 2.32 bits per heavy atom. The molecule has 31 heavy (non-hydrogen) atoms. The van der Waals surface area contributed by atoms with E-state index in [0.29, 0.717) is 17.2 Å². The summed E-state index contributed by atoms with van der Waals surface area (Å²) in [6.45, 7) is 0. The number of fused-ring (bicyclic) bond motifs is 2. The summed E-state index contributed by atoms with van der Waals surface area (Å²) in [7, 11) is 0. The molecule has 3 aromatic carbocycles. The highest BCUT2D eigenvalue weighted by atomic mass is 16.4. The zero-order chi connectivity index (χ0) is 21.4. The molecule has 2 aromatic heterocycles. The fourth-order valence-corrected chi connectivity index (χ4v) is 3.70. The number of hydrogen-bond donors (Lipinski definition) is 2. The summed E-state index contributed by atoms with van der Waals surface area (Å²) in [5.74, 6) is -1.18. The van der Waals surface area contributed by atoms with Gasteiger partial charge in [0, 0.05) is 11.8 Å². The van der Waals surface area contributed by atoms with Crippen LogP contribution in [0.15, 0.2) is 91.1 Å². The van der Waals surface area contributed by atoms with Crippen molar-refractivity contribution < 1.29 is 14.7 Å². The summed E-state index contributed by atoms with van der Waals surface area (Å²) >= 11 is 0. The van der Waals surface area contributed by atoms with Crippen LogP contribution in [0.3, 0.4) is 0 Å². The molecule has 0 aliphatic rings. The van der Waals surface area contributed by atoms with Gasteiger partial charge in [-0.3, -0.25) is 9.20 Å². The number of carboxylic acids is 1. The molecule has 0 saturated carbocycles. The van der Waals surface area contributed by atoms with Crippen molar-refractivity contribution in [2.75, 3.05) is 5.32 Å². The molecule has 0 atom stereocenters. The van der Waals surface area contributed by atoms with E-state index in [0.717, 1.165) is 16.3 Å². The Morgan fingerprint density at radius 2 is 1.52 bits per heavy atom. The maximum absolute atomic E-state index is 13.1.